The van der Waals surface area contributed by atoms with Crippen LogP contribution in [0.5, 0.6) is 0 Å². The first kappa shape index (κ1) is 13.0. The second-order valence-corrected chi connectivity index (χ2v) is 6.05. The summed E-state index contributed by atoms with van der Waals surface area (Å²) in [5, 5.41) is 3.70. The average molecular weight is 282 g/mol. The predicted molar refractivity (Wildman–Crippen MR) is 84.4 cm³/mol. The van der Waals surface area contributed by atoms with Crippen molar-refractivity contribution >= 4 is 5.69 Å². The lowest BCUT2D eigenvalue weighted by atomic mass is 9.96. The van der Waals surface area contributed by atoms with Gasteiger partial charge in [-0.1, -0.05) is 18.2 Å². The monoisotopic (exact) mass is 282 g/mol. The number of hydrogen-bond donors (Lipinski definition) is 1. The van der Waals surface area contributed by atoms with E-state index in [9.17, 15) is 0 Å². The van der Waals surface area contributed by atoms with Crippen molar-refractivity contribution in [2.24, 2.45) is 0 Å². The summed E-state index contributed by atoms with van der Waals surface area (Å²) in [6.45, 7) is 0.892. The van der Waals surface area contributed by atoms with Crippen LogP contribution in [0.4, 0.5) is 5.69 Å². The van der Waals surface area contributed by atoms with E-state index in [0.29, 0.717) is 6.04 Å². The van der Waals surface area contributed by atoms with Crippen LogP contribution < -0.4 is 5.32 Å². The van der Waals surface area contributed by atoms with Gasteiger partial charge in [0.2, 0.25) is 0 Å². The van der Waals surface area contributed by atoms with Crippen LogP contribution >= 0.6 is 0 Å². The number of ether oxygens (including phenoxy) is 1. The predicted octanol–water partition coefficient (Wildman–Crippen LogP) is 4.29. The summed E-state index contributed by atoms with van der Waals surface area (Å²) in [6, 6.07) is 13.4. The molecule has 2 unspecified atom stereocenters. The van der Waals surface area contributed by atoms with Crippen molar-refractivity contribution in [3.05, 3.63) is 53.9 Å². The minimum Gasteiger partial charge on any atom is -0.377 e. The highest BCUT2D eigenvalue weighted by molar-refractivity contribution is 5.54. The second kappa shape index (κ2) is 5.57. The third-order valence-corrected chi connectivity index (χ3v) is 4.68. The highest BCUT2D eigenvalue weighted by atomic mass is 16.5. The van der Waals surface area contributed by atoms with Crippen LogP contribution in [0.25, 0.3) is 0 Å². The first-order valence-electron chi connectivity index (χ1n) is 8.04. The topological polar surface area (TPSA) is 26.2 Å². The average Bonchev–Trinajstić information content (AvgIpc) is 3.05. The summed E-state index contributed by atoms with van der Waals surface area (Å²) in [5.74, 6) is 0. The van der Waals surface area contributed by atoms with Crippen LogP contribution in [0.1, 0.15) is 49.2 Å². The summed E-state index contributed by atoms with van der Waals surface area (Å²) >= 11 is 0. The zero-order valence-corrected chi connectivity index (χ0v) is 12.3. The third kappa shape index (κ3) is 2.46. The fourth-order valence-electron chi connectivity index (χ4n) is 3.57. The number of nitrogens with zero attached hydrogens (tertiary/aromatic N) is 1. The number of aryl methyl sites for hydroxylation is 1. The van der Waals surface area contributed by atoms with E-state index in [0.717, 1.165) is 25.9 Å². The SMILES string of the molecule is c1ccc2c(c1)CCC(c1cccn1C1CCCCO1)N2. The zero-order chi connectivity index (χ0) is 14.1. The van der Waals surface area contributed by atoms with Crippen LogP contribution in [0.2, 0.25) is 0 Å². The summed E-state index contributed by atoms with van der Waals surface area (Å²) in [6.07, 6.45) is 8.28. The number of aromatic nitrogens is 1. The molecule has 3 heteroatoms. The fourth-order valence-corrected chi connectivity index (χ4v) is 3.57. The molecule has 0 saturated carbocycles. The third-order valence-electron chi connectivity index (χ3n) is 4.68. The molecule has 0 bridgehead atoms. The molecule has 4 rings (SSSR count). The van der Waals surface area contributed by atoms with Crippen molar-refractivity contribution < 1.29 is 4.74 Å². The Morgan fingerprint density at radius 2 is 2.00 bits per heavy atom. The van der Waals surface area contributed by atoms with Crippen molar-refractivity contribution in [2.45, 2.75) is 44.4 Å². The second-order valence-electron chi connectivity index (χ2n) is 6.05. The minimum atomic E-state index is 0.225. The maximum absolute atomic E-state index is 5.96. The Morgan fingerprint density at radius 1 is 1.05 bits per heavy atom. The van der Waals surface area contributed by atoms with Gasteiger partial charge in [-0.15, -0.1) is 0 Å². The Morgan fingerprint density at radius 3 is 2.90 bits per heavy atom. The van der Waals surface area contributed by atoms with Crippen LogP contribution in [0.3, 0.4) is 0 Å². The Hall–Kier alpha value is -1.74. The van der Waals surface area contributed by atoms with Gasteiger partial charge < -0.3 is 14.6 Å². The first-order chi connectivity index (χ1) is 10.4. The molecule has 3 heterocycles. The highest BCUT2D eigenvalue weighted by Gasteiger charge is 2.24. The van der Waals surface area contributed by atoms with Gasteiger partial charge in [0.1, 0.15) is 6.23 Å². The number of para-hydroxylation sites is 1. The van der Waals surface area contributed by atoms with Crippen LogP contribution in [0, 0.1) is 0 Å². The fraction of sp³-hybridized carbons (Fsp3) is 0.444. The molecule has 0 spiro atoms. The van der Waals surface area contributed by atoms with Crippen molar-refractivity contribution in [2.75, 3.05) is 11.9 Å². The van der Waals surface area contributed by atoms with Gasteiger partial charge >= 0.3 is 0 Å². The maximum atomic E-state index is 5.96. The molecule has 0 radical (unpaired) electrons. The van der Waals surface area contributed by atoms with Gasteiger partial charge in [0.05, 0.1) is 6.04 Å². The van der Waals surface area contributed by atoms with Crippen molar-refractivity contribution in [3.63, 3.8) is 0 Å². The van der Waals surface area contributed by atoms with Crippen LogP contribution in [-0.2, 0) is 11.2 Å². The zero-order valence-electron chi connectivity index (χ0n) is 12.3. The van der Waals surface area contributed by atoms with E-state index < -0.39 is 0 Å². The molecule has 1 aromatic carbocycles. The van der Waals surface area contributed by atoms with Crippen LogP contribution in [0.15, 0.2) is 42.6 Å². The molecule has 21 heavy (non-hydrogen) atoms. The summed E-state index contributed by atoms with van der Waals surface area (Å²) < 4.78 is 8.30. The van der Waals surface area contributed by atoms with Gasteiger partial charge in [-0.25, -0.2) is 0 Å². The van der Waals surface area contributed by atoms with E-state index in [2.05, 4.69) is 52.5 Å². The Bertz CT molecular complexity index is 613. The molecule has 1 fully saturated rings. The van der Waals surface area contributed by atoms with E-state index in [1.54, 1.807) is 0 Å². The molecule has 1 aromatic heterocycles. The number of anilines is 1. The lowest BCUT2D eigenvalue weighted by molar-refractivity contribution is -0.0336. The molecule has 0 amide bonds. The first-order valence-corrected chi connectivity index (χ1v) is 8.04. The molecule has 2 aromatic rings. The van der Waals surface area contributed by atoms with E-state index in [4.69, 9.17) is 4.74 Å². The van der Waals surface area contributed by atoms with Crippen molar-refractivity contribution in [1.29, 1.82) is 0 Å². The Balaban J connectivity index is 1.59. The number of rotatable bonds is 2. The maximum Gasteiger partial charge on any atom is 0.133 e. The van der Waals surface area contributed by atoms with Crippen molar-refractivity contribution in [1.82, 2.24) is 4.57 Å². The molecule has 1 N–H and O–H groups in total. The molecule has 1 saturated heterocycles. The Labute approximate surface area is 125 Å². The molecular weight excluding hydrogens is 260 g/mol. The molecule has 110 valence electrons. The number of hydrogen-bond acceptors (Lipinski definition) is 2. The lowest BCUT2D eigenvalue weighted by Crippen LogP contribution is -2.25. The molecule has 3 nitrogen and oxygen atoms in total. The normalized spacial score (nSPS) is 25.1. The quantitative estimate of drug-likeness (QED) is 0.889. The minimum absolute atomic E-state index is 0.225. The van der Waals surface area contributed by atoms with Gasteiger partial charge in [-0.05, 0) is 55.9 Å². The standard InChI is InChI=1S/C18H22N2O/c1-2-7-15-14(6-1)10-11-16(19-15)17-8-5-12-20(17)18-9-3-4-13-21-18/h1-2,5-8,12,16,18-19H,3-4,9-11,13H2. The van der Waals surface area contributed by atoms with Gasteiger partial charge in [-0.2, -0.15) is 0 Å². The highest BCUT2D eigenvalue weighted by Crippen LogP contribution is 2.35. The summed E-state index contributed by atoms with van der Waals surface area (Å²) in [7, 11) is 0. The lowest BCUT2D eigenvalue weighted by Gasteiger charge is -2.31. The summed E-state index contributed by atoms with van der Waals surface area (Å²) in [5.41, 5.74) is 4.07. The van der Waals surface area contributed by atoms with E-state index in [-0.39, 0.29) is 6.23 Å². The molecule has 2 atom stereocenters. The van der Waals surface area contributed by atoms with Gasteiger partial charge in [0, 0.05) is 24.2 Å². The van der Waals surface area contributed by atoms with Gasteiger partial charge in [0.25, 0.3) is 0 Å². The van der Waals surface area contributed by atoms with E-state index in [1.165, 1.54) is 29.8 Å². The van der Waals surface area contributed by atoms with Crippen LogP contribution in [-0.4, -0.2) is 11.2 Å². The van der Waals surface area contributed by atoms with Gasteiger partial charge in [-0.3, -0.25) is 0 Å². The molecule has 0 aliphatic carbocycles. The Kier molecular flexibility index (Phi) is 3.44. The van der Waals surface area contributed by atoms with Gasteiger partial charge in [0.15, 0.2) is 0 Å². The largest absolute Gasteiger partial charge is 0.377 e. The van der Waals surface area contributed by atoms with Crippen molar-refractivity contribution in [3.8, 4) is 0 Å². The van der Waals surface area contributed by atoms with E-state index >= 15 is 0 Å². The molecule has 2 aliphatic heterocycles. The molecule has 2 aliphatic rings. The van der Waals surface area contributed by atoms with E-state index in [1.807, 2.05) is 0 Å². The molecular formula is C18H22N2O. The summed E-state index contributed by atoms with van der Waals surface area (Å²) in [4.78, 5) is 0. The smallest absolute Gasteiger partial charge is 0.133 e. The number of fused-ring (bicyclic) bond motifs is 1. The number of nitrogens with one attached hydrogen (secondary N) is 1. The number of benzene rings is 1.